The molecule has 4 nitrogen and oxygen atoms in total. The number of carbonyl (C=O) groups excluding carboxylic acids is 1. The summed E-state index contributed by atoms with van der Waals surface area (Å²) in [5.41, 5.74) is -0.759. The van der Waals surface area contributed by atoms with Crippen molar-refractivity contribution in [1.29, 1.82) is 0 Å². The van der Waals surface area contributed by atoms with Crippen molar-refractivity contribution >= 4 is 6.03 Å². The zero-order valence-corrected chi connectivity index (χ0v) is 19.9. The average molecular weight is 525 g/mol. The monoisotopic (exact) mass is 524 g/mol. The Hall–Kier alpha value is -3.69. The first-order valence-corrected chi connectivity index (χ1v) is 11.6. The number of amides is 2. The molecule has 0 unspecified atom stereocenters. The maximum Gasteiger partial charge on any atom is 0.461 e. The van der Waals surface area contributed by atoms with Gasteiger partial charge in [-0.25, -0.2) is 13.6 Å². The van der Waals surface area contributed by atoms with Gasteiger partial charge in [-0.15, -0.1) is 0 Å². The molecule has 0 heterocycles. The molecule has 0 aliphatic heterocycles. The van der Waals surface area contributed by atoms with Crippen molar-refractivity contribution in [3.05, 3.63) is 101 Å². The zero-order valence-electron chi connectivity index (χ0n) is 19.9. The SMILES string of the molecule is CCCCNC(=O)N[C@](Cc1ccccc1)(c1ccc(F)cc1)c1cc(F)cc(OC(F)(F)C(F)F)c1. The Morgan fingerprint density at radius 2 is 1.59 bits per heavy atom. The lowest BCUT2D eigenvalue weighted by Gasteiger charge is -2.37. The number of benzene rings is 3. The molecule has 3 aromatic carbocycles. The molecule has 198 valence electrons. The number of hydrogen-bond acceptors (Lipinski definition) is 2. The molecule has 0 saturated heterocycles. The van der Waals surface area contributed by atoms with Crippen molar-refractivity contribution in [3.63, 3.8) is 0 Å². The van der Waals surface area contributed by atoms with Crippen molar-refractivity contribution in [3.8, 4) is 5.75 Å². The third-order valence-corrected chi connectivity index (χ3v) is 5.66. The molecule has 0 aromatic heterocycles. The molecule has 0 spiro atoms. The van der Waals surface area contributed by atoms with Crippen LogP contribution in [0.15, 0.2) is 72.8 Å². The van der Waals surface area contributed by atoms with Gasteiger partial charge in [0.05, 0.1) is 5.54 Å². The predicted octanol–water partition coefficient (Wildman–Crippen LogP) is 6.79. The van der Waals surface area contributed by atoms with Gasteiger partial charge in [0, 0.05) is 19.0 Å². The fourth-order valence-corrected chi connectivity index (χ4v) is 3.88. The zero-order chi connectivity index (χ0) is 27.1. The highest BCUT2D eigenvalue weighted by Crippen LogP contribution is 2.37. The maximum atomic E-state index is 14.7. The summed E-state index contributed by atoms with van der Waals surface area (Å²) in [5, 5.41) is 5.49. The van der Waals surface area contributed by atoms with Gasteiger partial charge in [0.25, 0.3) is 0 Å². The van der Waals surface area contributed by atoms with Crippen molar-refractivity contribution < 1.29 is 35.9 Å². The summed E-state index contributed by atoms with van der Waals surface area (Å²) in [6.07, 6.45) is -7.58. The van der Waals surface area contributed by atoms with Crippen LogP contribution in [-0.4, -0.2) is 25.1 Å². The van der Waals surface area contributed by atoms with E-state index in [0.29, 0.717) is 30.2 Å². The van der Waals surface area contributed by atoms with Crippen LogP contribution in [0.2, 0.25) is 0 Å². The van der Waals surface area contributed by atoms with Crippen LogP contribution in [0.5, 0.6) is 5.75 Å². The number of ether oxygens (including phenoxy) is 1. The lowest BCUT2D eigenvalue weighted by Crippen LogP contribution is -2.52. The van der Waals surface area contributed by atoms with E-state index in [4.69, 9.17) is 0 Å². The number of carbonyl (C=O) groups is 1. The number of hydrogen-bond donors (Lipinski definition) is 2. The van der Waals surface area contributed by atoms with Crippen molar-refractivity contribution in [2.75, 3.05) is 6.54 Å². The highest BCUT2D eigenvalue weighted by molar-refractivity contribution is 5.76. The van der Waals surface area contributed by atoms with E-state index >= 15 is 0 Å². The number of rotatable bonds is 11. The summed E-state index contributed by atoms with van der Waals surface area (Å²) in [5.74, 6) is -2.51. The minimum atomic E-state index is -4.88. The van der Waals surface area contributed by atoms with Gasteiger partial charge in [-0.05, 0) is 47.4 Å². The molecule has 0 fully saturated rings. The van der Waals surface area contributed by atoms with E-state index in [9.17, 15) is 31.1 Å². The second kappa shape index (κ2) is 12.0. The van der Waals surface area contributed by atoms with Gasteiger partial charge in [0.1, 0.15) is 17.4 Å². The molecule has 2 N–H and O–H groups in total. The van der Waals surface area contributed by atoms with Gasteiger partial charge in [-0.3, -0.25) is 0 Å². The summed E-state index contributed by atoms with van der Waals surface area (Å²) < 4.78 is 85.6. The molecule has 3 aromatic rings. The lowest BCUT2D eigenvalue weighted by molar-refractivity contribution is -0.253. The van der Waals surface area contributed by atoms with Crippen LogP contribution in [0, 0.1) is 11.6 Å². The Balaban J connectivity index is 2.20. The summed E-state index contributed by atoms with van der Waals surface area (Å²) in [6.45, 7) is 2.26. The Morgan fingerprint density at radius 3 is 2.22 bits per heavy atom. The highest BCUT2D eigenvalue weighted by Gasteiger charge is 2.45. The van der Waals surface area contributed by atoms with E-state index in [1.165, 1.54) is 12.1 Å². The van der Waals surface area contributed by atoms with Crippen LogP contribution in [-0.2, 0) is 12.0 Å². The predicted molar refractivity (Wildman–Crippen MR) is 127 cm³/mol. The molecular weight excluding hydrogens is 498 g/mol. The standard InChI is InChI=1S/C27H26F6N2O2/c1-2-3-13-34-25(36)35-26(17-18-7-5-4-6-8-18,19-9-11-21(28)12-10-19)20-14-22(29)16-23(15-20)37-27(32,33)24(30)31/h4-12,14-16,24H,2-3,13,17H2,1H3,(H2,34,35,36)/t26-/m1/s1. The molecule has 1 atom stereocenters. The first-order chi connectivity index (χ1) is 17.6. The molecule has 0 aliphatic carbocycles. The number of unbranched alkanes of at least 4 members (excludes halogenated alkanes) is 1. The maximum absolute atomic E-state index is 14.7. The largest absolute Gasteiger partial charge is 0.461 e. The molecule has 0 aliphatic rings. The first kappa shape index (κ1) is 27.9. The van der Waals surface area contributed by atoms with Crippen molar-refractivity contribution in [2.24, 2.45) is 0 Å². The normalized spacial score (nSPS) is 13.2. The molecule has 10 heteroatoms. The Labute approximate surface area is 210 Å². The number of nitrogens with one attached hydrogen (secondary N) is 2. The van der Waals surface area contributed by atoms with E-state index in [0.717, 1.165) is 30.7 Å². The second-order valence-electron chi connectivity index (χ2n) is 8.45. The van der Waals surface area contributed by atoms with Crippen LogP contribution in [0.3, 0.4) is 0 Å². The average Bonchev–Trinajstić information content (AvgIpc) is 2.84. The van der Waals surface area contributed by atoms with Gasteiger partial charge in [-0.1, -0.05) is 55.8 Å². The van der Waals surface area contributed by atoms with Crippen LogP contribution < -0.4 is 15.4 Å². The van der Waals surface area contributed by atoms with E-state index < -0.39 is 41.5 Å². The minimum Gasteiger partial charge on any atom is -0.428 e. The van der Waals surface area contributed by atoms with E-state index in [2.05, 4.69) is 15.4 Å². The van der Waals surface area contributed by atoms with E-state index in [-0.39, 0.29) is 12.0 Å². The fourth-order valence-electron chi connectivity index (χ4n) is 3.88. The molecule has 0 radical (unpaired) electrons. The minimum absolute atomic E-state index is 0.0190. The summed E-state index contributed by atoms with van der Waals surface area (Å²) >= 11 is 0. The molecule has 2 amide bonds. The highest BCUT2D eigenvalue weighted by atomic mass is 19.3. The number of urea groups is 1. The Morgan fingerprint density at radius 1 is 0.919 bits per heavy atom. The summed E-state index contributed by atoms with van der Waals surface area (Å²) in [4.78, 5) is 13.0. The molecule has 0 saturated carbocycles. The van der Waals surface area contributed by atoms with Gasteiger partial charge >= 0.3 is 18.6 Å². The van der Waals surface area contributed by atoms with Gasteiger partial charge in [0.2, 0.25) is 0 Å². The van der Waals surface area contributed by atoms with E-state index in [1.54, 1.807) is 30.3 Å². The van der Waals surface area contributed by atoms with Crippen LogP contribution in [0.1, 0.15) is 36.5 Å². The van der Waals surface area contributed by atoms with Gasteiger partial charge in [-0.2, -0.15) is 17.6 Å². The number of alkyl halides is 4. The summed E-state index contributed by atoms with van der Waals surface area (Å²) in [7, 11) is 0. The van der Waals surface area contributed by atoms with Crippen molar-refractivity contribution in [2.45, 2.75) is 44.3 Å². The van der Waals surface area contributed by atoms with Crippen molar-refractivity contribution in [1.82, 2.24) is 10.6 Å². The third kappa shape index (κ3) is 7.18. The first-order valence-electron chi connectivity index (χ1n) is 11.6. The molecular formula is C27H26F6N2O2. The Kier molecular flexibility index (Phi) is 9.07. The third-order valence-electron chi connectivity index (χ3n) is 5.66. The molecule has 37 heavy (non-hydrogen) atoms. The summed E-state index contributed by atoms with van der Waals surface area (Å²) in [6, 6.07) is 15.5. The van der Waals surface area contributed by atoms with Gasteiger partial charge in [0.15, 0.2) is 0 Å². The van der Waals surface area contributed by atoms with Crippen LogP contribution in [0.25, 0.3) is 0 Å². The van der Waals surface area contributed by atoms with Crippen LogP contribution >= 0.6 is 0 Å². The topological polar surface area (TPSA) is 50.4 Å². The quantitative estimate of drug-likeness (QED) is 0.214. The van der Waals surface area contributed by atoms with Gasteiger partial charge < -0.3 is 15.4 Å². The smallest absolute Gasteiger partial charge is 0.428 e. The number of halogens is 6. The Bertz CT molecular complexity index is 1180. The van der Waals surface area contributed by atoms with E-state index in [1.807, 2.05) is 6.92 Å². The second-order valence-corrected chi connectivity index (χ2v) is 8.45. The molecule has 0 bridgehead atoms. The van der Waals surface area contributed by atoms with Crippen LogP contribution in [0.4, 0.5) is 31.1 Å². The lowest BCUT2D eigenvalue weighted by atomic mass is 9.77. The molecule has 3 rings (SSSR count). The fraction of sp³-hybridized carbons (Fsp3) is 0.296.